The van der Waals surface area contributed by atoms with Gasteiger partial charge in [-0.25, -0.2) is 0 Å². The number of aliphatic hydroxyl groups is 1. The van der Waals surface area contributed by atoms with Gasteiger partial charge in [0.15, 0.2) is 0 Å². The van der Waals surface area contributed by atoms with E-state index in [1.165, 1.54) is 18.3 Å². The summed E-state index contributed by atoms with van der Waals surface area (Å²) in [5.74, 6) is -1.22. The summed E-state index contributed by atoms with van der Waals surface area (Å²) >= 11 is 1.52. The zero-order valence-corrected chi connectivity index (χ0v) is 14.4. The molecule has 3 rings (SSSR count). The van der Waals surface area contributed by atoms with Crippen LogP contribution in [0.15, 0.2) is 51.6 Å². The van der Waals surface area contributed by atoms with Crippen LogP contribution in [0, 0.1) is 0 Å². The number of hydrogen-bond acceptors (Lipinski definition) is 5. The van der Waals surface area contributed by atoms with Crippen LogP contribution >= 0.6 is 11.3 Å². The Bertz CT molecular complexity index is 851. The molecule has 1 atom stereocenters. The van der Waals surface area contributed by atoms with Crippen LogP contribution in [0.25, 0.3) is 11.0 Å². The standard InChI is InChI=1S/C18H18N2O4S/c1-18(23,15-8-13-4-2-3-5-14(13)24-15)11-20-17(22)16(21)19-9-12-6-7-25-10-12/h2-8,10,23H,9,11H2,1H3,(H,19,21)(H,20,22). The highest BCUT2D eigenvalue weighted by Crippen LogP contribution is 2.27. The molecule has 0 aliphatic heterocycles. The van der Waals surface area contributed by atoms with Gasteiger partial charge in [-0.1, -0.05) is 18.2 Å². The number of furan rings is 1. The van der Waals surface area contributed by atoms with E-state index in [-0.39, 0.29) is 13.1 Å². The van der Waals surface area contributed by atoms with E-state index in [2.05, 4.69) is 10.6 Å². The molecule has 0 fully saturated rings. The highest BCUT2D eigenvalue weighted by molar-refractivity contribution is 7.07. The van der Waals surface area contributed by atoms with Crippen molar-refractivity contribution < 1.29 is 19.1 Å². The summed E-state index contributed by atoms with van der Waals surface area (Å²) in [5.41, 5.74) is 0.153. The number of hydrogen-bond donors (Lipinski definition) is 3. The van der Waals surface area contributed by atoms with Gasteiger partial charge in [-0.05, 0) is 41.4 Å². The summed E-state index contributed by atoms with van der Waals surface area (Å²) in [4.78, 5) is 23.7. The van der Waals surface area contributed by atoms with Gasteiger partial charge in [0, 0.05) is 11.9 Å². The second kappa shape index (κ2) is 7.08. The largest absolute Gasteiger partial charge is 0.458 e. The zero-order chi connectivity index (χ0) is 17.9. The number of benzene rings is 1. The van der Waals surface area contributed by atoms with Gasteiger partial charge in [0.1, 0.15) is 16.9 Å². The molecule has 6 nitrogen and oxygen atoms in total. The predicted molar refractivity (Wildman–Crippen MR) is 95.0 cm³/mol. The molecule has 3 N–H and O–H groups in total. The topological polar surface area (TPSA) is 91.6 Å². The van der Waals surface area contributed by atoms with Gasteiger partial charge in [-0.3, -0.25) is 9.59 Å². The highest BCUT2D eigenvalue weighted by atomic mass is 32.1. The van der Waals surface area contributed by atoms with Gasteiger partial charge in [0.05, 0.1) is 6.54 Å². The summed E-state index contributed by atoms with van der Waals surface area (Å²) in [6.07, 6.45) is 0. The molecule has 2 amide bonds. The van der Waals surface area contributed by atoms with E-state index in [9.17, 15) is 14.7 Å². The highest BCUT2D eigenvalue weighted by Gasteiger charge is 2.29. The van der Waals surface area contributed by atoms with Crippen molar-refractivity contribution in [2.24, 2.45) is 0 Å². The van der Waals surface area contributed by atoms with E-state index in [4.69, 9.17) is 4.42 Å². The van der Waals surface area contributed by atoms with Crippen molar-refractivity contribution in [1.82, 2.24) is 10.6 Å². The van der Waals surface area contributed by atoms with Crippen LogP contribution < -0.4 is 10.6 Å². The lowest BCUT2D eigenvalue weighted by molar-refractivity contribution is -0.140. The van der Waals surface area contributed by atoms with Crippen LogP contribution in [0.5, 0.6) is 0 Å². The van der Waals surface area contributed by atoms with E-state index in [0.29, 0.717) is 11.3 Å². The van der Waals surface area contributed by atoms with Crippen LogP contribution in [0.3, 0.4) is 0 Å². The molecular weight excluding hydrogens is 340 g/mol. The van der Waals surface area contributed by atoms with E-state index in [0.717, 1.165) is 10.9 Å². The molecule has 3 aromatic rings. The van der Waals surface area contributed by atoms with Crippen molar-refractivity contribution in [3.8, 4) is 0 Å². The minimum absolute atomic E-state index is 0.141. The molecule has 2 heterocycles. The molecule has 1 unspecified atom stereocenters. The van der Waals surface area contributed by atoms with Gasteiger partial charge in [0.2, 0.25) is 0 Å². The van der Waals surface area contributed by atoms with Gasteiger partial charge >= 0.3 is 11.8 Å². The fraction of sp³-hybridized carbons (Fsp3) is 0.222. The molecule has 0 saturated heterocycles. The molecule has 0 radical (unpaired) electrons. The summed E-state index contributed by atoms with van der Waals surface area (Å²) in [6, 6.07) is 11.0. The minimum Gasteiger partial charge on any atom is -0.458 e. The molecule has 1 aromatic carbocycles. The van der Waals surface area contributed by atoms with Crippen LogP contribution in [-0.2, 0) is 21.7 Å². The van der Waals surface area contributed by atoms with E-state index >= 15 is 0 Å². The fourth-order valence-corrected chi connectivity index (χ4v) is 2.99. The number of para-hydroxylation sites is 1. The van der Waals surface area contributed by atoms with Crippen LogP contribution in [-0.4, -0.2) is 23.5 Å². The molecule has 0 aliphatic rings. The van der Waals surface area contributed by atoms with Crippen molar-refractivity contribution in [2.75, 3.05) is 6.54 Å². The molecule has 2 aromatic heterocycles. The third kappa shape index (κ3) is 4.07. The van der Waals surface area contributed by atoms with Gasteiger partial charge in [0.25, 0.3) is 0 Å². The second-order valence-electron chi connectivity index (χ2n) is 5.92. The van der Waals surface area contributed by atoms with Gasteiger partial charge < -0.3 is 20.2 Å². The van der Waals surface area contributed by atoms with E-state index in [1.54, 1.807) is 12.1 Å². The Kier molecular flexibility index (Phi) is 4.87. The lowest BCUT2D eigenvalue weighted by Crippen LogP contribution is -2.45. The number of amides is 2. The average Bonchev–Trinajstić information content (AvgIpc) is 3.26. The summed E-state index contributed by atoms with van der Waals surface area (Å²) in [7, 11) is 0. The Morgan fingerprint density at radius 2 is 1.96 bits per heavy atom. The first-order valence-electron chi connectivity index (χ1n) is 7.74. The quantitative estimate of drug-likeness (QED) is 0.609. The molecule has 0 saturated carbocycles. The molecule has 130 valence electrons. The number of fused-ring (bicyclic) bond motifs is 1. The Morgan fingerprint density at radius 1 is 1.20 bits per heavy atom. The maximum absolute atomic E-state index is 11.9. The number of rotatable bonds is 5. The molecule has 0 spiro atoms. The van der Waals surface area contributed by atoms with Crippen LogP contribution in [0.1, 0.15) is 18.2 Å². The van der Waals surface area contributed by atoms with E-state index in [1.807, 2.05) is 35.0 Å². The Labute approximate surface area is 148 Å². The first-order valence-corrected chi connectivity index (χ1v) is 8.68. The van der Waals surface area contributed by atoms with Crippen LogP contribution in [0.2, 0.25) is 0 Å². The van der Waals surface area contributed by atoms with Crippen molar-refractivity contribution >= 4 is 34.1 Å². The number of nitrogens with one attached hydrogen (secondary N) is 2. The van der Waals surface area contributed by atoms with Crippen molar-refractivity contribution in [1.29, 1.82) is 0 Å². The van der Waals surface area contributed by atoms with Crippen LogP contribution in [0.4, 0.5) is 0 Å². The van der Waals surface area contributed by atoms with Gasteiger partial charge in [-0.15, -0.1) is 0 Å². The number of carbonyl (C=O) groups is 2. The first kappa shape index (κ1) is 17.2. The summed E-state index contributed by atoms with van der Waals surface area (Å²) < 4.78 is 5.62. The SMILES string of the molecule is CC(O)(CNC(=O)C(=O)NCc1ccsc1)c1cc2ccccc2o1. The second-order valence-corrected chi connectivity index (χ2v) is 6.70. The van der Waals surface area contributed by atoms with Crippen molar-refractivity contribution in [3.05, 3.63) is 58.5 Å². The zero-order valence-electron chi connectivity index (χ0n) is 13.6. The summed E-state index contributed by atoms with van der Waals surface area (Å²) in [5, 5.41) is 20.2. The Hall–Kier alpha value is -2.64. The normalized spacial score (nSPS) is 13.4. The average molecular weight is 358 g/mol. The molecular formula is C18H18N2O4S. The maximum Gasteiger partial charge on any atom is 0.309 e. The van der Waals surface area contributed by atoms with Crippen molar-refractivity contribution in [3.63, 3.8) is 0 Å². The third-order valence-electron chi connectivity index (χ3n) is 3.79. The maximum atomic E-state index is 11.9. The smallest absolute Gasteiger partial charge is 0.309 e. The minimum atomic E-state index is -1.43. The third-order valence-corrected chi connectivity index (χ3v) is 4.52. The molecule has 0 aliphatic carbocycles. The summed E-state index contributed by atoms with van der Waals surface area (Å²) in [6.45, 7) is 1.67. The Balaban J connectivity index is 1.57. The van der Waals surface area contributed by atoms with Gasteiger partial charge in [-0.2, -0.15) is 11.3 Å². The van der Waals surface area contributed by atoms with E-state index < -0.39 is 17.4 Å². The van der Waals surface area contributed by atoms with Crippen molar-refractivity contribution in [2.45, 2.75) is 19.1 Å². The molecule has 7 heteroatoms. The molecule has 0 bridgehead atoms. The number of thiophene rings is 1. The molecule has 25 heavy (non-hydrogen) atoms. The first-order chi connectivity index (χ1) is 12.0. The fourth-order valence-electron chi connectivity index (χ4n) is 2.32. The monoisotopic (exact) mass is 358 g/mol. The predicted octanol–water partition coefficient (Wildman–Crippen LogP) is 2.13. The lowest BCUT2D eigenvalue weighted by Gasteiger charge is -2.20. The lowest BCUT2D eigenvalue weighted by atomic mass is 10.0. The Morgan fingerprint density at radius 3 is 2.68 bits per heavy atom. The number of carbonyl (C=O) groups excluding carboxylic acids is 2.